The second kappa shape index (κ2) is 7.90. The van der Waals surface area contributed by atoms with E-state index in [0.717, 1.165) is 38.8 Å². The fraction of sp³-hybridized carbons (Fsp3) is 0.833. The Morgan fingerprint density at radius 3 is 2.35 bits per heavy atom. The molecule has 1 heterocycles. The van der Waals surface area contributed by atoms with E-state index in [9.17, 15) is 4.79 Å². The standard InChI is InChI=1S/C18H28BrNO3/c1-13(19)5-6-14-11-16(12-14)22-15-7-9-20(10-8-15)17(21)23-18(2,3)4/h13-16H,7-12H2,1-4H3. The van der Waals surface area contributed by atoms with Crippen LogP contribution in [-0.4, -0.2) is 46.7 Å². The highest BCUT2D eigenvalue weighted by Crippen LogP contribution is 2.32. The van der Waals surface area contributed by atoms with Crippen LogP contribution in [0.4, 0.5) is 4.79 Å². The third kappa shape index (κ3) is 6.35. The van der Waals surface area contributed by atoms with Crippen molar-refractivity contribution in [1.82, 2.24) is 4.90 Å². The maximum absolute atomic E-state index is 12.0. The SMILES string of the molecule is CC(Br)C#CC1CC(OC2CCN(C(=O)OC(C)(C)C)CC2)C1. The summed E-state index contributed by atoms with van der Waals surface area (Å²) >= 11 is 3.44. The lowest BCUT2D eigenvalue weighted by Crippen LogP contribution is -2.45. The summed E-state index contributed by atoms with van der Waals surface area (Å²) in [7, 11) is 0. The minimum atomic E-state index is -0.432. The zero-order chi connectivity index (χ0) is 17.0. The molecule has 5 heteroatoms. The highest BCUT2D eigenvalue weighted by Gasteiger charge is 2.33. The second-order valence-electron chi connectivity index (χ2n) is 7.50. The van der Waals surface area contributed by atoms with Crippen molar-refractivity contribution in [3.63, 3.8) is 0 Å². The van der Waals surface area contributed by atoms with Gasteiger partial charge in [-0.05, 0) is 53.4 Å². The first-order valence-electron chi connectivity index (χ1n) is 8.51. The smallest absolute Gasteiger partial charge is 0.410 e. The van der Waals surface area contributed by atoms with Crippen LogP contribution < -0.4 is 0 Å². The minimum absolute atomic E-state index is 0.209. The molecule has 23 heavy (non-hydrogen) atoms. The van der Waals surface area contributed by atoms with E-state index in [4.69, 9.17) is 9.47 Å². The predicted molar refractivity (Wildman–Crippen MR) is 94.6 cm³/mol. The monoisotopic (exact) mass is 385 g/mol. The maximum Gasteiger partial charge on any atom is 0.410 e. The van der Waals surface area contributed by atoms with E-state index >= 15 is 0 Å². The Balaban J connectivity index is 1.65. The molecule has 1 atom stereocenters. The summed E-state index contributed by atoms with van der Waals surface area (Å²) in [5, 5.41) is 0. The average Bonchev–Trinajstić information content (AvgIpc) is 2.39. The molecule has 0 aromatic rings. The first-order valence-corrected chi connectivity index (χ1v) is 9.43. The van der Waals surface area contributed by atoms with Crippen LogP contribution in [0.25, 0.3) is 0 Å². The highest BCUT2D eigenvalue weighted by atomic mass is 79.9. The molecule has 1 amide bonds. The quantitative estimate of drug-likeness (QED) is 0.533. The first-order chi connectivity index (χ1) is 10.7. The van der Waals surface area contributed by atoms with Gasteiger partial charge in [0.1, 0.15) is 5.60 Å². The number of nitrogens with zero attached hydrogens (tertiary/aromatic N) is 1. The fourth-order valence-electron chi connectivity index (χ4n) is 2.80. The van der Waals surface area contributed by atoms with Gasteiger partial charge in [-0.15, -0.1) is 0 Å². The molecule has 0 bridgehead atoms. The normalized spacial score (nSPS) is 26.7. The number of rotatable bonds is 2. The highest BCUT2D eigenvalue weighted by molar-refractivity contribution is 9.09. The van der Waals surface area contributed by atoms with Crippen LogP contribution in [0, 0.1) is 17.8 Å². The van der Waals surface area contributed by atoms with Gasteiger partial charge in [0.15, 0.2) is 0 Å². The molecule has 1 unspecified atom stereocenters. The van der Waals surface area contributed by atoms with E-state index in [-0.39, 0.29) is 17.0 Å². The van der Waals surface area contributed by atoms with E-state index in [2.05, 4.69) is 27.8 Å². The van der Waals surface area contributed by atoms with Gasteiger partial charge in [0.25, 0.3) is 0 Å². The summed E-state index contributed by atoms with van der Waals surface area (Å²) in [5.41, 5.74) is -0.432. The van der Waals surface area contributed by atoms with Gasteiger partial charge in [-0.3, -0.25) is 0 Å². The van der Waals surface area contributed by atoms with Crippen molar-refractivity contribution in [2.75, 3.05) is 13.1 Å². The van der Waals surface area contributed by atoms with Gasteiger partial charge in [0, 0.05) is 19.0 Å². The summed E-state index contributed by atoms with van der Waals surface area (Å²) in [6.45, 7) is 9.17. The number of halogens is 1. The van der Waals surface area contributed by atoms with E-state index in [0.29, 0.717) is 12.0 Å². The van der Waals surface area contributed by atoms with Crippen LogP contribution in [0.2, 0.25) is 0 Å². The van der Waals surface area contributed by atoms with Gasteiger partial charge >= 0.3 is 6.09 Å². The largest absolute Gasteiger partial charge is 0.444 e. The summed E-state index contributed by atoms with van der Waals surface area (Å²) in [6.07, 6.45) is 4.27. The van der Waals surface area contributed by atoms with Crippen LogP contribution in [0.1, 0.15) is 53.4 Å². The summed E-state index contributed by atoms with van der Waals surface area (Å²) in [5.74, 6) is 6.93. The molecular weight excluding hydrogens is 358 g/mol. The zero-order valence-corrected chi connectivity index (χ0v) is 16.2. The molecule has 1 saturated carbocycles. The first kappa shape index (κ1) is 18.6. The number of alkyl halides is 1. The number of piperidine rings is 1. The van der Waals surface area contributed by atoms with E-state index < -0.39 is 5.60 Å². The van der Waals surface area contributed by atoms with Crippen molar-refractivity contribution in [3.05, 3.63) is 0 Å². The molecule has 4 nitrogen and oxygen atoms in total. The van der Waals surface area contributed by atoms with Gasteiger partial charge in [-0.25, -0.2) is 4.79 Å². The lowest BCUT2D eigenvalue weighted by molar-refractivity contribution is -0.0848. The molecule has 0 spiro atoms. The van der Waals surface area contributed by atoms with Crippen molar-refractivity contribution in [3.8, 4) is 11.8 Å². The number of carbonyl (C=O) groups is 1. The Kier molecular flexibility index (Phi) is 6.39. The van der Waals surface area contributed by atoms with Gasteiger partial charge in [0.05, 0.1) is 17.0 Å². The summed E-state index contributed by atoms with van der Waals surface area (Å²) in [6, 6.07) is 0. The number of carbonyl (C=O) groups excluding carboxylic acids is 1. The Morgan fingerprint density at radius 2 is 1.83 bits per heavy atom. The Labute approximate surface area is 148 Å². The Hall–Kier alpha value is -0.730. The fourth-order valence-corrected chi connectivity index (χ4v) is 2.93. The van der Waals surface area contributed by atoms with Crippen LogP contribution >= 0.6 is 15.9 Å². The lowest BCUT2D eigenvalue weighted by atomic mass is 9.82. The zero-order valence-electron chi connectivity index (χ0n) is 14.6. The van der Waals surface area contributed by atoms with Crippen LogP contribution in [-0.2, 0) is 9.47 Å². The van der Waals surface area contributed by atoms with Crippen molar-refractivity contribution >= 4 is 22.0 Å². The number of ether oxygens (including phenoxy) is 2. The van der Waals surface area contributed by atoms with E-state index in [1.54, 1.807) is 4.90 Å². The summed E-state index contributed by atoms with van der Waals surface area (Å²) < 4.78 is 11.5. The molecule has 0 N–H and O–H groups in total. The predicted octanol–water partition coefficient (Wildman–Crippen LogP) is 3.97. The van der Waals surface area contributed by atoms with E-state index in [1.807, 2.05) is 27.7 Å². The van der Waals surface area contributed by atoms with Gasteiger partial charge in [0.2, 0.25) is 0 Å². The summed E-state index contributed by atoms with van der Waals surface area (Å²) in [4.78, 5) is 14.1. The molecule has 130 valence electrons. The van der Waals surface area contributed by atoms with Gasteiger partial charge in [-0.2, -0.15) is 0 Å². The number of likely N-dealkylation sites (tertiary alicyclic amines) is 1. The van der Waals surface area contributed by atoms with Crippen molar-refractivity contribution < 1.29 is 14.3 Å². The number of hydrogen-bond donors (Lipinski definition) is 0. The topological polar surface area (TPSA) is 38.8 Å². The molecule has 2 rings (SSSR count). The lowest BCUT2D eigenvalue weighted by Gasteiger charge is -2.38. The molecule has 1 aliphatic heterocycles. The molecule has 0 aromatic carbocycles. The third-order valence-electron chi connectivity index (χ3n) is 4.06. The van der Waals surface area contributed by atoms with Gasteiger partial charge < -0.3 is 14.4 Å². The Bertz CT molecular complexity index is 461. The number of amides is 1. The minimum Gasteiger partial charge on any atom is -0.444 e. The van der Waals surface area contributed by atoms with Gasteiger partial charge in [-0.1, -0.05) is 27.8 Å². The Morgan fingerprint density at radius 1 is 1.22 bits per heavy atom. The molecule has 0 radical (unpaired) electrons. The van der Waals surface area contributed by atoms with Crippen molar-refractivity contribution in [1.29, 1.82) is 0 Å². The molecule has 2 aliphatic rings. The molecule has 1 aliphatic carbocycles. The van der Waals surface area contributed by atoms with Crippen LogP contribution in [0.5, 0.6) is 0 Å². The molecular formula is C18H28BrNO3. The van der Waals surface area contributed by atoms with E-state index in [1.165, 1.54) is 0 Å². The maximum atomic E-state index is 12.0. The van der Waals surface area contributed by atoms with Crippen LogP contribution in [0.15, 0.2) is 0 Å². The third-order valence-corrected chi connectivity index (χ3v) is 4.29. The number of hydrogen-bond acceptors (Lipinski definition) is 3. The van der Waals surface area contributed by atoms with Crippen molar-refractivity contribution in [2.24, 2.45) is 5.92 Å². The average molecular weight is 386 g/mol. The molecule has 2 fully saturated rings. The molecule has 1 saturated heterocycles. The van der Waals surface area contributed by atoms with Crippen LogP contribution in [0.3, 0.4) is 0 Å². The second-order valence-corrected chi connectivity index (χ2v) is 8.87. The van der Waals surface area contributed by atoms with Crippen molar-refractivity contribution in [2.45, 2.75) is 76.0 Å². The molecule has 0 aromatic heterocycles.